The van der Waals surface area contributed by atoms with E-state index in [1.54, 1.807) is 21.8 Å². The first-order valence-electron chi connectivity index (χ1n) is 12.2. The van der Waals surface area contributed by atoms with Gasteiger partial charge in [0.2, 0.25) is 5.69 Å². The van der Waals surface area contributed by atoms with Crippen LogP contribution in [0.5, 0.6) is 5.75 Å². The van der Waals surface area contributed by atoms with E-state index in [0.29, 0.717) is 43.1 Å². The highest BCUT2D eigenvalue weighted by Gasteiger charge is 2.29. The quantitative estimate of drug-likeness (QED) is 0.386. The zero-order chi connectivity index (χ0) is 26.1. The summed E-state index contributed by atoms with van der Waals surface area (Å²) >= 11 is 0. The van der Waals surface area contributed by atoms with Crippen LogP contribution in [0.25, 0.3) is 11.1 Å². The Morgan fingerprint density at radius 1 is 1.11 bits per heavy atom. The first-order valence-corrected chi connectivity index (χ1v) is 12.2. The summed E-state index contributed by atoms with van der Waals surface area (Å²) < 4.78 is 9.42. The molecule has 0 spiro atoms. The zero-order valence-corrected chi connectivity index (χ0v) is 21.4. The minimum atomic E-state index is -0.0580. The van der Waals surface area contributed by atoms with Crippen LogP contribution in [0.3, 0.4) is 0 Å². The summed E-state index contributed by atoms with van der Waals surface area (Å²) in [6.45, 7) is 7.64. The Balaban J connectivity index is 1.53. The molecular weight excluding hydrogens is 468 g/mol. The lowest BCUT2D eigenvalue weighted by Crippen LogP contribution is -2.37. The molecule has 4 aromatic rings. The molecule has 0 N–H and O–H groups in total. The molecule has 5 rings (SSSR count). The van der Waals surface area contributed by atoms with Crippen LogP contribution in [0.1, 0.15) is 51.3 Å². The molecule has 1 aliphatic rings. The van der Waals surface area contributed by atoms with Gasteiger partial charge in [-0.15, -0.1) is 5.10 Å². The lowest BCUT2D eigenvalue weighted by Gasteiger charge is -2.30. The fourth-order valence-electron chi connectivity index (χ4n) is 4.85. The van der Waals surface area contributed by atoms with E-state index in [1.165, 1.54) is 0 Å². The van der Waals surface area contributed by atoms with Crippen molar-refractivity contribution >= 4 is 5.91 Å². The average Bonchev–Trinajstić information content (AvgIpc) is 3.44. The zero-order valence-electron chi connectivity index (χ0n) is 21.4. The van der Waals surface area contributed by atoms with Crippen molar-refractivity contribution in [3.63, 3.8) is 0 Å². The Hall–Kier alpha value is -4.52. The largest absolute Gasteiger partial charge is 0.491 e. The fraction of sp³-hybridized carbons (Fsp3) is 0.333. The molecule has 188 valence electrons. The maximum absolute atomic E-state index is 13.8. The summed E-state index contributed by atoms with van der Waals surface area (Å²) in [5.41, 5.74) is 6.45. The molecule has 1 amide bonds. The van der Waals surface area contributed by atoms with Gasteiger partial charge in [-0.25, -0.2) is 4.98 Å². The van der Waals surface area contributed by atoms with Crippen molar-refractivity contribution in [1.82, 2.24) is 34.4 Å². The van der Waals surface area contributed by atoms with Crippen molar-refractivity contribution in [3.05, 3.63) is 76.4 Å². The van der Waals surface area contributed by atoms with Crippen LogP contribution in [0.15, 0.2) is 36.8 Å². The normalized spacial score (nSPS) is 12.9. The summed E-state index contributed by atoms with van der Waals surface area (Å²) in [5, 5.41) is 22.0. The monoisotopic (exact) mass is 496 g/mol. The standard InChI is InChI=1S/C27H28N8O2/c1-5-37-26-12-20(30-31-25(26)13-28)15-35-8-6-21-22(24-16-33(4)32-17(24)2)10-19(11-23(21)27(35)36)14-34-9-7-29-18(34)3/h7,9-12,16H,5-6,8,14-15H2,1-4H3. The molecule has 3 aromatic heterocycles. The van der Waals surface area contributed by atoms with E-state index in [0.717, 1.165) is 33.8 Å². The van der Waals surface area contributed by atoms with Crippen molar-refractivity contribution in [2.24, 2.45) is 7.05 Å². The Bertz CT molecular complexity index is 1530. The van der Waals surface area contributed by atoms with Crippen LogP contribution < -0.4 is 4.74 Å². The number of carbonyl (C=O) groups is 1. The van der Waals surface area contributed by atoms with Crippen LogP contribution >= 0.6 is 0 Å². The van der Waals surface area contributed by atoms with Crippen LogP contribution in [0.4, 0.5) is 0 Å². The first kappa shape index (κ1) is 24.2. The highest BCUT2D eigenvalue weighted by molar-refractivity contribution is 5.99. The van der Waals surface area contributed by atoms with Crippen LogP contribution in [0, 0.1) is 25.2 Å². The van der Waals surface area contributed by atoms with Gasteiger partial charge in [0.25, 0.3) is 5.91 Å². The first-order chi connectivity index (χ1) is 17.9. The predicted molar refractivity (Wildman–Crippen MR) is 136 cm³/mol. The van der Waals surface area contributed by atoms with Gasteiger partial charge in [0.15, 0.2) is 5.75 Å². The van der Waals surface area contributed by atoms with E-state index in [1.807, 2.05) is 52.3 Å². The summed E-state index contributed by atoms with van der Waals surface area (Å²) in [6, 6.07) is 7.86. The number of amides is 1. The number of imidazole rings is 1. The Kier molecular flexibility index (Phi) is 6.44. The minimum absolute atomic E-state index is 0.0580. The predicted octanol–water partition coefficient (Wildman–Crippen LogP) is 3.21. The highest BCUT2D eigenvalue weighted by Crippen LogP contribution is 2.34. The Labute approximate surface area is 215 Å². The molecule has 1 aromatic carbocycles. The van der Waals surface area contributed by atoms with Crippen molar-refractivity contribution in [2.75, 3.05) is 13.2 Å². The van der Waals surface area contributed by atoms with Crippen molar-refractivity contribution < 1.29 is 9.53 Å². The van der Waals surface area contributed by atoms with Gasteiger partial charge in [0.1, 0.15) is 11.9 Å². The maximum Gasteiger partial charge on any atom is 0.254 e. The lowest BCUT2D eigenvalue weighted by molar-refractivity contribution is 0.0724. The van der Waals surface area contributed by atoms with E-state index in [-0.39, 0.29) is 18.1 Å². The minimum Gasteiger partial charge on any atom is -0.491 e. The van der Waals surface area contributed by atoms with Crippen molar-refractivity contribution in [1.29, 1.82) is 5.26 Å². The van der Waals surface area contributed by atoms with Crippen LogP contribution in [-0.4, -0.2) is 53.5 Å². The van der Waals surface area contributed by atoms with Gasteiger partial charge < -0.3 is 14.2 Å². The number of aromatic nitrogens is 6. The number of carbonyl (C=O) groups excluding carboxylic acids is 1. The molecule has 4 heterocycles. The summed E-state index contributed by atoms with van der Waals surface area (Å²) in [6.07, 6.45) is 6.44. The molecule has 0 saturated heterocycles. The molecule has 0 fully saturated rings. The van der Waals surface area contributed by atoms with Crippen molar-refractivity contribution in [3.8, 4) is 22.9 Å². The maximum atomic E-state index is 13.8. The van der Waals surface area contributed by atoms with Crippen LogP contribution in [0.2, 0.25) is 0 Å². The third-order valence-corrected chi connectivity index (χ3v) is 6.61. The van der Waals surface area contributed by atoms with Gasteiger partial charge in [-0.1, -0.05) is 0 Å². The van der Waals surface area contributed by atoms with Crippen LogP contribution in [-0.2, 0) is 26.6 Å². The average molecular weight is 497 g/mol. The topological polar surface area (TPSA) is 115 Å². The fourth-order valence-corrected chi connectivity index (χ4v) is 4.85. The molecule has 1 aliphatic heterocycles. The molecule has 0 bridgehead atoms. The molecule has 0 saturated carbocycles. The lowest BCUT2D eigenvalue weighted by atomic mass is 9.88. The van der Waals surface area contributed by atoms with Crippen molar-refractivity contribution in [2.45, 2.75) is 40.3 Å². The third-order valence-electron chi connectivity index (χ3n) is 6.61. The van der Waals surface area contributed by atoms with Gasteiger partial charge in [-0.2, -0.15) is 15.5 Å². The molecule has 10 nitrogen and oxygen atoms in total. The molecule has 37 heavy (non-hydrogen) atoms. The van der Waals surface area contributed by atoms with Gasteiger partial charge in [-0.05, 0) is 56.0 Å². The second kappa shape index (κ2) is 9.85. The number of nitriles is 1. The van der Waals surface area contributed by atoms with E-state index < -0.39 is 0 Å². The molecule has 0 unspecified atom stereocenters. The number of benzene rings is 1. The molecular formula is C27H28N8O2. The SMILES string of the molecule is CCOc1cc(CN2CCc3c(cc(Cn4ccnc4C)cc3-c3cn(C)nc3C)C2=O)nnc1C#N. The van der Waals surface area contributed by atoms with Gasteiger partial charge in [0, 0.05) is 55.9 Å². The highest BCUT2D eigenvalue weighted by atomic mass is 16.5. The third kappa shape index (κ3) is 4.68. The number of fused-ring (bicyclic) bond motifs is 1. The number of aryl methyl sites for hydroxylation is 3. The van der Waals surface area contributed by atoms with E-state index in [9.17, 15) is 10.1 Å². The molecule has 0 aliphatic carbocycles. The molecule has 10 heteroatoms. The van der Waals surface area contributed by atoms with Gasteiger partial charge in [0.05, 0.1) is 24.5 Å². The Morgan fingerprint density at radius 3 is 2.59 bits per heavy atom. The second-order valence-corrected chi connectivity index (χ2v) is 9.14. The second-order valence-electron chi connectivity index (χ2n) is 9.14. The van der Waals surface area contributed by atoms with E-state index in [4.69, 9.17) is 4.74 Å². The Morgan fingerprint density at radius 2 is 1.92 bits per heavy atom. The van der Waals surface area contributed by atoms with E-state index >= 15 is 0 Å². The van der Waals surface area contributed by atoms with E-state index in [2.05, 4.69) is 30.9 Å². The number of rotatable bonds is 7. The number of nitrogens with zero attached hydrogens (tertiary/aromatic N) is 8. The summed E-state index contributed by atoms with van der Waals surface area (Å²) in [4.78, 5) is 19.9. The number of hydrogen-bond donors (Lipinski definition) is 0. The smallest absolute Gasteiger partial charge is 0.254 e. The number of hydrogen-bond acceptors (Lipinski definition) is 7. The molecule has 0 radical (unpaired) electrons. The van der Waals surface area contributed by atoms with Gasteiger partial charge in [-0.3, -0.25) is 9.48 Å². The summed E-state index contributed by atoms with van der Waals surface area (Å²) in [7, 11) is 1.91. The van der Waals surface area contributed by atoms with Gasteiger partial charge >= 0.3 is 0 Å². The molecule has 0 atom stereocenters. The number of ether oxygens (including phenoxy) is 1. The summed E-state index contributed by atoms with van der Waals surface area (Å²) in [5.74, 6) is 1.24.